The highest BCUT2D eigenvalue weighted by Crippen LogP contribution is 2.48. The van der Waals surface area contributed by atoms with Gasteiger partial charge in [-0.15, -0.1) is 15.3 Å². The number of phenols is 1. The van der Waals surface area contributed by atoms with Gasteiger partial charge in [0, 0.05) is 10.9 Å². The fourth-order valence-electron chi connectivity index (χ4n) is 3.76. The zero-order valence-corrected chi connectivity index (χ0v) is 20.5. The van der Waals surface area contributed by atoms with Crippen molar-refractivity contribution in [1.82, 2.24) is 11.1 Å². The Morgan fingerprint density at radius 3 is 1.95 bits per heavy atom. The number of rotatable bonds is 7. The van der Waals surface area contributed by atoms with Gasteiger partial charge in [-0.05, 0) is 58.4 Å². The highest BCUT2D eigenvalue weighted by molar-refractivity contribution is 7.86. The summed E-state index contributed by atoms with van der Waals surface area (Å²) in [7, 11) is -10.1. The van der Waals surface area contributed by atoms with Crippen molar-refractivity contribution in [1.29, 1.82) is 0 Å². The third-order valence-corrected chi connectivity index (χ3v) is 7.14. The molecule has 0 atom stereocenters. The molecule has 0 aromatic heterocycles. The Kier molecular flexibility index (Phi) is 6.73. The first-order valence-electron chi connectivity index (χ1n) is 10.3. The smallest absolute Gasteiger partial charge is 0.296 e. The normalized spacial score (nSPS) is 12.2. The number of nitrogens with two attached hydrogens (primary N) is 1. The van der Waals surface area contributed by atoms with E-state index in [0.717, 1.165) is 24.3 Å². The lowest BCUT2D eigenvalue weighted by molar-refractivity contribution is 0.472. The third kappa shape index (κ3) is 4.83. The van der Waals surface area contributed by atoms with Crippen molar-refractivity contribution in [3.8, 4) is 16.9 Å². The summed E-state index contributed by atoms with van der Waals surface area (Å²) in [6.07, 6.45) is 0. The van der Waals surface area contributed by atoms with Crippen LogP contribution in [0.25, 0.3) is 21.9 Å². The first kappa shape index (κ1) is 26.4. The molecule has 192 valence electrons. The van der Waals surface area contributed by atoms with E-state index in [2.05, 4.69) is 20.5 Å². The lowest BCUT2D eigenvalue weighted by atomic mass is 9.96. The molecule has 0 amide bonds. The molecule has 0 aliphatic heterocycles. The van der Waals surface area contributed by atoms with Crippen molar-refractivity contribution >= 4 is 59.4 Å². The Bertz CT molecular complexity index is 1880. The molecule has 14 nitrogen and oxygen atoms in total. The van der Waals surface area contributed by atoms with Crippen molar-refractivity contribution in [2.24, 2.45) is 20.5 Å². The topological polar surface area (TPSA) is 249 Å². The van der Waals surface area contributed by atoms with E-state index >= 15 is 0 Å². The van der Waals surface area contributed by atoms with Crippen LogP contribution >= 0.6 is 0 Å². The van der Waals surface area contributed by atoms with Gasteiger partial charge in [0.2, 0.25) is 0 Å². The molecule has 0 heterocycles. The van der Waals surface area contributed by atoms with Gasteiger partial charge in [0.25, 0.3) is 20.2 Å². The molecule has 2 radical (unpaired) electrons. The summed E-state index contributed by atoms with van der Waals surface area (Å²) >= 11 is 0. The molecule has 5 N–H and O–H groups in total. The summed E-state index contributed by atoms with van der Waals surface area (Å²) in [6.45, 7) is 0. The van der Waals surface area contributed by atoms with Gasteiger partial charge in [-0.3, -0.25) is 9.11 Å². The van der Waals surface area contributed by atoms with E-state index in [1.807, 2.05) is 0 Å². The van der Waals surface area contributed by atoms with E-state index < -0.39 is 47.2 Å². The molecule has 0 saturated heterocycles. The molecule has 0 aliphatic carbocycles. The van der Waals surface area contributed by atoms with Crippen molar-refractivity contribution in [3.63, 3.8) is 0 Å². The van der Waals surface area contributed by atoms with E-state index in [4.69, 9.17) is 11.3 Å². The summed E-state index contributed by atoms with van der Waals surface area (Å²) < 4.78 is 68.6. The minimum atomic E-state index is -5.03. The van der Waals surface area contributed by atoms with Gasteiger partial charge in [-0.1, -0.05) is 24.3 Å². The number of benzene rings is 4. The van der Waals surface area contributed by atoms with E-state index in [0.29, 0.717) is 0 Å². The summed E-state index contributed by atoms with van der Waals surface area (Å²) in [5.74, 6) is -0.871. The monoisotopic (exact) mass is 553 g/mol. The lowest BCUT2D eigenvalue weighted by Crippen LogP contribution is -2.06. The van der Waals surface area contributed by atoms with Crippen LogP contribution in [-0.2, 0) is 20.2 Å². The second kappa shape index (κ2) is 9.67. The van der Waals surface area contributed by atoms with E-state index in [9.17, 15) is 36.6 Å². The third-order valence-electron chi connectivity index (χ3n) is 5.40. The first-order valence-corrected chi connectivity index (χ1v) is 13.1. The number of nitrogens with zero attached hydrogens (tertiary/aromatic N) is 6. The molecule has 4 aromatic rings. The van der Waals surface area contributed by atoms with Crippen LogP contribution in [0.5, 0.6) is 5.75 Å². The number of aromatic hydroxyl groups is 1. The molecule has 16 heteroatoms. The zero-order chi connectivity index (χ0) is 27.8. The van der Waals surface area contributed by atoms with Crippen molar-refractivity contribution in [2.75, 3.05) is 5.73 Å². The number of anilines is 1. The Morgan fingerprint density at radius 1 is 0.763 bits per heavy atom. The fourth-order valence-corrected chi connectivity index (χ4v) is 5.18. The largest absolute Gasteiger partial charge is 0.505 e. The Balaban J connectivity index is 2.14. The molecule has 0 unspecified atom stereocenters. The maximum absolute atomic E-state index is 12.3. The van der Waals surface area contributed by atoms with Gasteiger partial charge < -0.3 is 10.8 Å². The molecule has 0 aliphatic rings. The van der Waals surface area contributed by atoms with Crippen LogP contribution in [0.4, 0.5) is 28.4 Å². The second-order valence-corrected chi connectivity index (χ2v) is 10.5. The number of azo groups is 1. The summed E-state index contributed by atoms with van der Waals surface area (Å²) in [6, 6.07) is 13.1. The molecule has 0 bridgehead atoms. The van der Waals surface area contributed by atoms with Gasteiger partial charge in [0.1, 0.15) is 26.9 Å². The molecular weight excluding hydrogens is 538 g/mol. The van der Waals surface area contributed by atoms with Crippen LogP contribution < -0.4 is 16.8 Å². The fraction of sp³-hybridized carbons (Fsp3) is 0. The maximum atomic E-state index is 12.3. The van der Waals surface area contributed by atoms with Crippen LogP contribution in [0.15, 0.2) is 90.9 Å². The number of nitrogen functional groups attached to an aromatic ring is 1. The van der Waals surface area contributed by atoms with Crippen LogP contribution in [0, 0.1) is 0 Å². The number of fused-ring (bicyclic) bond motifs is 1. The predicted octanol–water partition coefficient (Wildman–Crippen LogP) is 4.47. The molecule has 0 saturated carbocycles. The molecule has 4 rings (SSSR count). The quantitative estimate of drug-likeness (QED) is 0.144. The SMILES string of the molecule is [N]=Nc1ccc(-c2c(S(=O)(=O)O)cc3cc(S(=O)(=O)O)c(N=Nc4ccccc4)c(O)c3c2N)cc1N=[N]. The van der Waals surface area contributed by atoms with Gasteiger partial charge >= 0.3 is 0 Å². The number of phenolic OH excluding ortho intramolecular Hbond substituents is 1. The van der Waals surface area contributed by atoms with E-state index in [-0.39, 0.29) is 39.0 Å². The standard InChI is InChI=1S/C22H15N7O7S2/c23-20-18(11-6-7-14(26-24)15(8-11)27-25)16(37(31,32)33)9-12-10-17(38(34,35)36)21(22(30)19(12)20)29-28-13-4-2-1-3-5-13/h1-10,30H,23H2,(H,31,32,33)(H,34,35,36). The van der Waals surface area contributed by atoms with Crippen molar-refractivity contribution in [2.45, 2.75) is 9.79 Å². The Labute approximate surface area is 215 Å². The maximum Gasteiger partial charge on any atom is 0.296 e. The lowest BCUT2D eigenvalue weighted by Gasteiger charge is -2.17. The molecular formula is C22H15N7O7S2. The molecule has 0 spiro atoms. The van der Waals surface area contributed by atoms with Gasteiger partial charge in [-0.2, -0.15) is 21.9 Å². The number of hydrogen-bond acceptors (Lipinski definition) is 10. The van der Waals surface area contributed by atoms with Crippen LogP contribution in [0.1, 0.15) is 0 Å². The zero-order valence-electron chi connectivity index (χ0n) is 18.8. The highest BCUT2D eigenvalue weighted by atomic mass is 32.2. The van der Waals surface area contributed by atoms with Crippen molar-refractivity contribution in [3.05, 3.63) is 60.7 Å². The minimum Gasteiger partial charge on any atom is -0.505 e. The first-order chi connectivity index (χ1) is 17.9. The number of hydrogen-bond donors (Lipinski definition) is 4. The van der Waals surface area contributed by atoms with Gasteiger partial charge in [0.15, 0.2) is 5.75 Å². The van der Waals surface area contributed by atoms with Crippen molar-refractivity contribution < 1.29 is 31.0 Å². The van der Waals surface area contributed by atoms with E-state index in [1.54, 1.807) is 18.2 Å². The van der Waals surface area contributed by atoms with Crippen LogP contribution in [0.3, 0.4) is 0 Å². The van der Waals surface area contributed by atoms with E-state index in [1.165, 1.54) is 18.2 Å². The molecule has 4 aromatic carbocycles. The van der Waals surface area contributed by atoms with Crippen LogP contribution in [-0.4, -0.2) is 31.0 Å². The van der Waals surface area contributed by atoms with Gasteiger partial charge in [0.05, 0.1) is 11.4 Å². The summed E-state index contributed by atoms with van der Waals surface area (Å²) in [5.41, 5.74) is 22.8. The molecule has 0 fully saturated rings. The Morgan fingerprint density at radius 2 is 1.37 bits per heavy atom. The average Bonchev–Trinajstić information content (AvgIpc) is 2.86. The molecule has 38 heavy (non-hydrogen) atoms. The average molecular weight is 554 g/mol. The summed E-state index contributed by atoms with van der Waals surface area (Å²) in [5, 5.41) is 24.0. The minimum absolute atomic E-state index is 0.0528. The van der Waals surface area contributed by atoms with Gasteiger partial charge in [-0.25, -0.2) is 0 Å². The Hall–Kier alpha value is -4.64. The van der Waals surface area contributed by atoms with Crippen LogP contribution in [0.2, 0.25) is 0 Å². The summed E-state index contributed by atoms with van der Waals surface area (Å²) in [4.78, 5) is -1.72. The highest BCUT2D eigenvalue weighted by Gasteiger charge is 2.28. The predicted molar refractivity (Wildman–Crippen MR) is 134 cm³/mol. The second-order valence-electron chi connectivity index (χ2n) is 7.72.